The van der Waals surface area contributed by atoms with E-state index in [0.717, 1.165) is 24.3 Å². The quantitative estimate of drug-likeness (QED) is 0.564. The summed E-state index contributed by atoms with van der Waals surface area (Å²) in [5.41, 5.74) is 3.55. The van der Waals surface area contributed by atoms with Gasteiger partial charge in [0, 0.05) is 25.3 Å². The molecule has 1 rings (SSSR count). The lowest BCUT2D eigenvalue weighted by molar-refractivity contribution is 0.203. The van der Waals surface area contributed by atoms with Crippen LogP contribution >= 0.6 is 0 Å². The molecule has 0 saturated carbocycles. The molecule has 1 aromatic rings. The normalized spacial score (nSPS) is 12.3. The van der Waals surface area contributed by atoms with Crippen molar-refractivity contribution in [2.24, 2.45) is 5.84 Å². The molecular formula is C12H23N5O. The Bertz CT molecular complexity index is 371. The topological polar surface area (TPSA) is 76.3 Å². The lowest BCUT2D eigenvalue weighted by Crippen LogP contribution is -2.36. The molecule has 0 saturated heterocycles. The third-order valence-corrected chi connectivity index (χ3v) is 3.13. The maximum Gasteiger partial charge on any atom is 0.148 e. The smallest absolute Gasteiger partial charge is 0.148 e. The molecule has 0 aliphatic carbocycles. The standard InChI is InChI=1S/C12H23N5O/c1-5-9(2)17(6-7-18-4)12-10(3)11(16-13)14-8-15-12/h8-9H,5-7,13H2,1-4H3,(H,14,15,16). The predicted octanol–water partition coefficient (Wildman–Crippen LogP) is 1.32. The first-order valence-corrected chi connectivity index (χ1v) is 6.19. The molecule has 0 bridgehead atoms. The van der Waals surface area contributed by atoms with Gasteiger partial charge in [0.15, 0.2) is 0 Å². The van der Waals surface area contributed by atoms with Gasteiger partial charge in [0.2, 0.25) is 0 Å². The van der Waals surface area contributed by atoms with Crippen LogP contribution in [0.3, 0.4) is 0 Å². The van der Waals surface area contributed by atoms with Crippen LogP contribution < -0.4 is 16.2 Å². The molecule has 6 heteroatoms. The van der Waals surface area contributed by atoms with Gasteiger partial charge in [-0.3, -0.25) is 0 Å². The summed E-state index contributed by atoms with van der Waals surface area (Å²) in [6.45, 7) is 7.76. The highest BCUT2D eigenvalue weighted by Gasteiger charge is 2.18. The third kappa shape index (κ3) is 3.30. The van der Waals surface area contributed by atoms with E-state index in [1.54, 1.807) is 7.11 Å². The van der Waals surface area contributed by atoms with Crippen molar-refractivity contribution < 1.29 is 4.74 Å². The Morgan fingerprint density at radius 2 is 2.22 bits per heavy atom. The number of ether oxygens (including phenoxy) is 1. The van der Waals surface area contributed by atoms with Gasteiger partial charge in [-0.15, -0.1) is 0 Å². The van der Waals surface area contributed by atoms with Crippen LogP contribution in [0.15, 0.2) is 6.33 Å². The lowest BCUT2D eigenvalue weighted by Gasteiger charge is -2.30. The number of hydrogen-bond acceptors (Lipinski definition) is 6. The number of nitrogen functional groups attached to an aromatic ring is 1. The number of hydrogen-bond donors (Lipinski definition) is 2. The van der Waals surface area contributed by atoms with Crippen molar-refractivity contribution in [3.8, 4) is 0 Å². The Morgan fingerprint density at radius 1 is 1.50 bits per heavy atom. The van der Waals surface area contributed by atoms with E-state index < -0.39 is 0 Å². The van der Waals surface area contributed by atoms with Crippen molar-refractivity contribution >= 4 is 11.6 Å². The highest BCUT2D eigenvalue weighted by atomic mass is 16.5. The summed E-state index contributed by atoms with van der Waals surface area (Å²) in [6.07, 6.45) is 2.57. The number of aromatic nitrogens is 2. The van der Waals surface area contributed by atoms with Crippen molar-refractivity contribution in [1.82, 2.24) is 9.97 Å². The number of anilines is 2. The Kier molecular flexibility index (Phi) is 5.80. The van der Waals surface area contributed by atoms with E-state index in [4.69, 9.17) is 10.6 Å². The predicted molar refractivity (Wildman–Crippen MR) is 73.6 cm³/mol. The van der Waals surface area contributed by atoms with E-state index >= 15 is 0 Å². The van der Waals surface area contributed by atoms with E-state index in [9.17, 15) is 0 Å². The average molecular weight is 253 g/mol. The van der Waals surface area contributed by atoms with Crippen LogP contribution in [0.5, 0.6) is 0 Å². The van der Waals surface area contributed by atoms with Crippen LogP contribution in [0.4, 0.5) is 11.6 Å². The largest absolute Gasteiger partial charge is 0.383 e. The minimum Gasteiger partial charge on any atom is -0.383 e. The molecule has 0 aliphatic rings. The molecule has 102 valence electrons. The second-order valence-corrected chi connectivity index (χ2v) is 4.26. The Labute approximate surface area is 109 Å². The van der Waals surface area contributed by atoms with Crippen molar-refractivity contribution in [3.05, 3.63) is 11.9 Å². The third-order valence-electron chi connectivity index (χ3n) is 3.13. The van der Waals surface area contributed by atoms with Crippen molar-refractivity contribution in [1.29, 1.82) is 0 Å². The molecule has 0 radical (unpaired) electrons. The van der Waals surface area contributed by atoms with E-state index in [2.05, 4.69) is 34.1 Å². The Balaban J connectivity index is 3.04. The summed E-state index contributed by atoms with van der Waals surface area (Å²) >= 11 is 0. The van der Waals surface area contributed by atoms with Gasteiger partial charge in [-0.2, -0.15) is 0 Å². The highest BCUT2D eigenvalue weighted by molar-refractivity contribution is 5.57. The van der Waals surface area contributed by atoms with Crippen molar-refractivity contribution in [3.63, 3.8) is 0 Å². The van der Waals surface area contributed by atoms with E-state index in [1.165, 1.54) is 6.33 Å². The van der Waals surface area contributed by atoms with Gasteiger partial charge in [0.25, 0.3) is 0 Å². The SMILES string of the molecule is CCC(C)N(CCOC)c1ncnc(NN)c1C. The Hall–Kier alpha value is -1.40. The van der Waals surface area contributed by atoms with Gasteiger partial charge < -0.3 is 15.1 Å². The van der Waals surface area contributed by atoms with Crippen LogP contribution in [0.25, 0.3) is 0 Å². The number of nitrogens with zero attached hydrogens (tertiary/aromatic N) is 3. The first-order chi connectivity index (χ1) is 8.65. The van der Waals surface area contributed by atoms with Gasteiger partial charge in [-0.1, -0.05) is 6.92 Å². The molecule has 6 nitrogen and oxygen atoms in total. The molecule has 0 aromatic carbocycles. The summed E-state index contributed by atoms with van der Waals surface area (Å²) in [7, 11) is 1.70. The molecule has 0 amide bonds. The molecule has 1 aromatic heterocycles. The first kappa shape index (κ1) is 14.7. The van der Waals surface area contributed by atoms with E-state index in [1.807, 2.05) is 6.92 Å². The minimum atomic E-state index is 0.388. The van der Waals surface area contributed by atoms with Gasteiger partial charge in [-0.25, -0.2) is 15.8 Å². The number of hydrazine groups is 1. The van der Waals surface area contributed by atoms with Crippen LogP contribution in [0.2, 0.25) is 0 Å². The highest BCUT2D eigenvalue weighted by Crippen LogP contribution is 2.23. The van der Waals surface area contributed by atoms with Gasteiger partial charge in [0.1, 0.15) is 18.0 Å². The van der Waals surface area contributed by atoms with Crippen LogP contribution in [0, 0.1) is 6.92 Å². The summed E-state index contributed by atoms with van der Waals surface area (Å²) in [5, 5.41) is 0. The van der Waals surface area contributed by atoms with Gasteiger partial charge >= 0.3 is 0 Å². The zero-order valence-corrected chi connectivity index (χ0v) is 11.6. The van der Waals surface area contributed by atoms with Gasteiger partial charge in [-0.05, 0) is 20.3 Å². The van der Waals surface area contributed by atoms with Crippen LogP contribution in [-0.2, 0) is 4.74 Å². The number of nitrogens with two attached hydrogens (primary N) is 1. The zero-order valence-electron chi connectivity index (χ0n) is 11.6. The molecule has 18 heavy (non-hydrogen) atoms. The zero-order chi connectivity index (χ0) is 13.5. The first-order valence-electron chi connectivity index (χ1n) is 6.19. The van der Waals surface area contributed by atoms with Gasteiger partial charge in [0.05, 0.1) is 6.61 Å². The maximum absolute atomic E-state index is 5.44. The molecular weight excluding hydrogens is 230 g/mol. The molecule has 0 spiro atoms. The lowest BCUT2D eigenvalue weighted by atomic mass is 10.2. The summed E-state index contributed by atoms with van der Waals surface area (Å²) < 4.78 is 5.16. The monoisotopic (exact) mass is 253 g/mol. The summed E-state index contributed by atoms with van der Waals surface area (Å²) in [6, 6.07) is 0.388. The second kappa shape index (κ2) is 7.13. The molecule has 0 fully saturated rings. The molecule has 1 heterocycles. The van der Waals surface area contributed by atoms with Crippen LogP contribution in [0.1, 0.15) is 25.8 Å². The second-order valence-electron chi connectivity index (χ2n) is 4.26. The maximum atomic E-state index is 5.44. The summed E-state index contributed by atoms with van der Waals surface area (Å²) in [4.78, 5) is 10.7. The molecule has 1 atom stereocenters. The number of nitrogens with one attached hydrogen (secondary N) is 1. The van der Waals surface area contributed by atoms with E-state index in [-0.39, 0.29) is 0 Å². The molecule has 0 aliphatic heterocycles. The van der Waals surface area contributed by atoms with Crippen molar-refractivity contribution in [2.45, 2.75) is 33.2 Å². The number of rotatable bonds is 7. The van der Waals surface area contributed by atoms with E-state index in [0.29, 0.717) is 18.5 Å². The fourth-order valence-corrected chi connectivity index (χ4v) is 1.82. The molecule has 1 unspecified atom stereocenters. The fourth-order valence-electron chi connectivity index (χ4n) is 1.82. The molecule has 3 N–H and O–H groups in total. The fraction of sp³-hybridized carbons (Fsp3) is 0.667. The minimum absolute atomic E-state index is 0.388. The average Bonchev–Trinajstić information content (AvgIpc) is 2.40. The van der Waals surface area contributed by atoms with Crippen molar-refractivity contribution in [2.75, 3.05) is 30.6 Å². The summed E-state index contributed by atoms with van der Waals surface area (Å²) in [5.74, 6) is 7.01. The number of methoxy groups -OCH3 is 1. The van der Waals surface area contributed by atoms with Crippen LogP contribution in [-0.4, -0.2) is 36.3 Å². The Morgan fingerprint density at radius 3 is 2.78 bits per heavy atom.